The highest BCUT2D eigenvalue weighted by Gasteiger charge is 2.36. The second-order valence-corrected chi connectivity index (χ2v) is 10.9. The highest BCUT2D eigenvalue weighted by molar-refractivity contribution is 7.89. The van der Waals surface area contributed by atoms with Crippen molar-refractivity contribution in [1.82, 2.24) is 15.2 Å². The maximum atomic E-state index is 13.6. The van der Waals surface area contributed by atoms with Gasteiger partial charge in [0.15, 0.2) is 0 Å². The molecule has 5 nitrogen and oxygen atoms in total. The number of thiophene rings is 1. The van der Waals surface area contributed by atoms with Gasteiger partial charge in [-0.25, -0.2) is 13.8 Å². The van der Waals surface area contributed by atoms with Crippen LogP contribution in [0.2, 0.25) is 0 Å². The number of hydrogen-bond donors (Lipinski definition) is 2. The Hall–Kier alpha value is -1.51. The van der Waals surface area contributed by atoms with E-state index in [1.54, 1.807) is 15.6 Å². The minimum atomic E-state index is -3.53. The lowest BCUT2D eigenvalue weighted by molar-refractivity contribution is 0.439. The Morgan fingerprint density at radius 2 is 1.86 bits per heavy atom. The Labute approximate surface area is 171 Å². The second-order valence-electron chi connectivity index (χ2n) is 7.64. The molecule has 0 amide bonds. The zero-order valence-electron chi connectivity index (χ0n) is 16.5. The van der Waals surface area contributed by atoms with E-state index in [9.17, 15) is 8.42 Å². The fraction of sp³-hybridized carbons (Fsp3) is 0.429. The number of rotatable bonds is 4. The highest BCUT2D eigenvalue weighted by atomic mass is 32.2. The SMILES string of the molecule is Cc1sc(C)c(S(=O)(=O)N2CC=C(c3ccccc3)CC2)c1C1CC(C)NN1. The molecule has 150 valence electrons. The van der Waals surface area contributed by atoms with Gasteiger partial charge in [0, 0.05) is 34.4 Å². The molecule has 2 N–H and O–H groups in total. The Morgan fingerprint density at radius 1 is 1.11 bits per heavy atom. The van der Waals surface area contributed by atoms with Crippen molar-refractivity contribution < 1.29 is 8.42 Å². The van der Waals surface area contributed by atoms with Gasteiger partial charge in [0.2, 0.25) is 10.0 Å². The molecule has 0 spiro atoms. The first kappa shape index (κ1) is 19.8. The van der Waals surface area contributed by atoms with Crippen LogP contribution in [-0.4, -0.2) is 31.9 Å². The summed E-state index contributed by atoms with van der Waals surface area (Å²) in [6, 6.07) is 10.6. The van der Waals surface area contributed by atoms with E-state index in [0.717, 1.165) is 28.2 Å². The summed E-state index contributed by atoms with van der Waals surface area (Å²) in [6.07, 6.45) is 3.68. The number of hydrazine groups is 1. The third kappa shape index (κ3) is 3.57. The van der Waals surface area contributed by atoms with Gasteiger partial charge < -0.3 is 0 Å². The molecule has 0 bridgehead atoms. The van der Waals surface area contributed by atoms with E-state index in [1.165, 1.54) is 11.1 Å². The summed E-state index contributed by atoms with van der Waals surface area (Å²) in [7, 11) is -3.53. The molecule has 3 heterocycles. The minimum Gasteiger partial charge on any atom is -0.254 e. The zero-order valence-corrected chi connectivity index (χ0v) is 18.2. The first-order valence-electron chi connectivity index (χ1n) is 9.73. The first-order chi connectivity index (χ1) is 13.4. The largest absolute Gasteiger partial charge is 0.254 e. The van der Waals surface area contributed by atoms with Gasteiger partial charge in [-0.3, -0.25) is 5.43 Å². The van der Waals surface area contributed by atoms with Gasteiger partial charge in [-0.05, 0) is 44.7 Å². The molecule has 1 aromatic carbocycles. The van der Waals surface area contributed by atoms with Crippen molar-refractivity contribution in [3.8, 4) is 0 Å². The van der Waals surface area contributed by atoms with Crippen LogP contribution in [0, 0.1) is 13.8 Å². The number of nitrogens with zero attached hydrogens (tertiary/aromatic N) is 1. The molecule has 7 heteroatoms. The number of hydrogen-bond acceptors (Lipinski definition) is 5. The fourth-order valence-corrected chi connectivity index (χ4v) is 7.54. The Bertz CT molecular complexity index is 996. The molecular weight excluding hydrogens is 390 g/mol. The summed E-state index contributed by atoms with van der Waals surface area (Å²) < 4.78 is 28.8. The molecule has 2 atom stereocenters. The Balaban J connectivity index is 1.64. The molecular formula is C21H27N3O2S2. The molecule has 2 aliphatic heterocycles. The maximum Gasteiger partial charge on any atom is 0.244 e. The summed E-state index contributed by atoms with van der Waals surface area (Å²) >= 11 is 1.58. The van der Waals surface area contributed by atoms with Crippen LogP contribution in [0.25, 0.3) is 5.57 Å². The number of aryl methyl sites for hydroxylation is 2. The normalized spacial score (nSPS) is 23.8. The van der Waals surface area contributed by atoms with Gasteiger partial charge in [-0.1, -0.05) is 36.4 Å². The van der Waals surface area contributed by atoms with Crippen molar-refractivity contribution in [2.45, 2.75) is 50.6 Å². The molecule has 1 aromatic heterocycles. The van der Waals surface area contributed by atoms with Crippen LogP contribution in [0.1, 0.15) is 46.7 Å². The number of benzene rings is 1. The van der Waals surface area contributed by atoms with Crippen LogP contribution in [0.15, 0.2) is 41.3 Å². The summed E-state index contributed by atoms with van der Waals surface area (Å²) in [5, 5.41) is 0. The van der Waals surface area contributed by atoms with Crippen molar-refractivity contribution in [3.05, 3.63) is 57.3 Å². The van der Waals surface area contributed by atoms with Crippen molar-refractivity contribution in [2.75, 3.05) is 13.1 Å². The average molecular weight is 418 g/mol. The van der Waals surface area contributed by atoms with Gasteiger partial charge in [0.25, 0.3) is 0 Å². The van der Waals surface area contributed by atoms with E-state index in [0.29, 0.717) is 24.0 Å². The summed E-state index contributed by atoms with van der Waals surface area (Å²) in [6.45, 7) is 7.00. The smallest absolute Gasteiger partial charge is 0.244 e. The second kappa shape index (κ2) is 7.72. The number of nitrogens with one attached hydrogen (secondary N) is 2. The number of sulfonamides is 1. The predicted molar refractivity (Wildman–Crippen MR) is 115 cm³/mol. The van der Waals surface area contributed by atoms with Gasteiger partial charge in [0.05, 0.1) is 6.04 Å². The van der Waals surface area contributed by atoms with Crippen LogP contribution in [0.3, 0.4) is 0 Å². The van der Waals surface area contributed by atoms with E-state index in [1.807, 2.05) is 32.0 Å². The fourth-order valence-electron chi connectivity index (χ4n) is 4.22. The minimum absolute atomic E-state index is 0.0323. The zero-order chi connectivity index (χ0) is 19.9. The van der Waals surface area contributed by atoms with E-state index < -0.39 is 10.0 Å². The van der Waals surface area contributed by atoms with Crippen LogP contribution >= 0.6 is 11.3 Å². The first-order valence-corrected chi connectivity index (χ1v) is 12.0. The van der Waals surface area contributed by atoms with Gasteiger partial charge in [-0.2, -0.15) is 4.31 Å². The third-order valence-electron chi connectivity index (χ3n) is 5.61. The summed E-state index contributed by atoms with van der Waals surface area (Å²) in [5.41, 5.74) is 9.85. The lowest BCUT2D eigenvalue weighted by Crippen LogP contribution is -2.36. The lowest BCUT2D eigenvalue weighted by atomic mass is 10.0. The van der Waals surface area contributed by atoms with E-state index in [2.05, 4.69) is 36.0 Å². The van der Waals surface area contributed by atoms with Crippen molar-refractivity contribution in [1.29, 1.82) is 0 Å². The molecule has 2 unspecified atom stereocenters. The van der Waals surface area contributed by atoms with Gasteiger partial charge in [0.1, 0.15) is 4.90 Å². The van der Waals surface area contributed by atoms with Crippen LogP contribution in [0.4, 0.5) is 0 Å². The van der Waals surface area contributed by atoms with E-state index >= 15 is 0 Å². The molecule has 1 fully saturated rings. The van der Waals surface area contributed by atoms with Crippen LogP contribution < -0.4 is 10.9 Å². The quantitative estimate of drug-likeness (QED) is 0.795. The molecule has 2 aliphatic rings. The van der Waals surface area contributed by atoms with E-state index in [-0.39, 0.29) is 6.04 Å². The third-order valence-corrected chi connectivity index (χ3v) is 8.82. The molecule has 0 saturated carbocycles. The van der Waals surface area contributed by atoms with Gasteiger partial charge in [-0.15, -0.1) is 11.3 Å². The standard InChI is InChI=1S/C21H27N3O2S2/c1-14-13-19(23-22-14)20-15(2)27-16(3)21(20)28(25,26)24-11-9-18(10-12-24)17-7-5-4-6-8-17/h4-9,14,19,22-23H,10-13H2,1-3H3. The summed E-state index contributed by atoms with van der Waals surface area (Å²) in [4.78, 5) is 2.48. The Morgan fingerprint density at radius 3 is 2.46 bits per heavy atom. The van der Waals surface area contributed by atoms with Crippen LogP contribution in [-0.2, 0) is 10.0 Å². The molecule has 0 aliphatic carbocycles. The summed E-state index contributed by atoms with van der Waals surface area (Å²) in [5.74, 6) is 0. The lowest BCUT2D eigenvalue weighted by Gasteiger charge is -2.27. The van der Waals surface area contributed by atoms with Crippen molar-refractivity contribution in [2.24, 2.45) is 0 Å². The highest BCUT2D eigenvalue weighted by Crippen LogP contribution is 2.40. The van der Waals surface area contributed by atoms with Crippen molar-refractivity contribution in [3.63, 3.8) is 0 Å². The average Bonchev–Trinajstić information content (AvgIpc) is 3.24. The Kier molecular flexibility index (Phi) is 5.46. The molecule has 0 radical (unpaired) electrons. The topological polar surface area (TPSA) is 61.4 Å². The van der Waals surface area contributed by atoms with Crippen molar-refractivity contribution >= 4 is 26.9 Å². The van der Waals surface area contributed by atoms with E-state index in [4.69, 9.17) is 0 Å². The monoisotopic (exact) mass is 417 g/mol. The van der Waals surface area contributed by atoms with Gasteiger partial charge >= 0.3 is 0 Å². The molecule has 2 aromatic rings. The maximum absolute atomic E-state index is 13.6. The molecule has 1 saturated heterocycles. The molecule has 4 rings (SSSR count). The predicted octanol–water partition coefficient (Wildman–Crippen LogP) is 3.77. The van der Waals surface area contributed by atoms with Crippen LogP contribution in [0.5, 0.6) is 0 Å². The molecule has 28 heavy (non-hydrogen) atoms.